The quantitative estimate of drug-likeness (QED) is 0.500. The van der Waals surface area contributed by atoms with Crippen LogP contribution in [0.1, 0.15) is 5.56 Å². The third kappa shape index (κ3) is 4.02. The molecule has 0 radical (unpaired) electrons. The molecule has 2 amide bonds. The van der Waals surface area contributed by atoms with Crippen LogP contribution >= 0.6 is 0 Å². The second-order valence-electron chi connectivity index (χ2n) is 6.20. The minimum atomic E-state index is -0.847. The lowest BCUT2D eigenvalue weighted by Crippen LogP contribution is -2.51. The second kappa shape index (κ2) is 8.20. The number of amides is 2. The number of carbonyl (C=O) groups is 2. The lowest BCUT2D eigenvalue weighted by atomic mass is 9.75. The lowest BCUT2D eigenvalue weighted by molar-refractivity contribution is -0.136. The first-order valence-electron chi connectivity index (χ1n) is 8.77. The molecular formula is C18H17BN4O5. The minimum Gasteiger partial charge on any atom is -0.464 e. The highest BCUT2D eigenvalue weighted by Gasteiger charge is 2.37. The monoisotopic (exact) mass is 380 g/mol. The first-order chi connectivity index (χ1) is 13.7. The van der Waals surface area contributed by atoms with Crippen molar-refractivity contribution < 1.29 is 23.3 Å². The number of hydrogen-bond donors (Lipinski definition) is 2. The van der Waals surface area contributed by atoms with E-state index in [1.807, 2.05) is 24.3 Å². The third-order valence-electron chi connectivity index (χ3n) is 4.30. The third-order valence-corrected chi connectivity index (χ3v) is 4.30. The number of furan rings is 1. The molecule has 3 heterocycles. The van der Waals surface area contributed by atoms with E-state index in [4.69, 9.17) is 13.7 Å². The summed E-state index contributed by atoms with van der Waals surface area (Å²) in [5.74, 6) is -2.04. The fourth-order valence-electron chi connectivity index (χ4n) is 3.02. The number of fused-ring (bicyclic) bond motifs is 1. The smallest absolute Gasteiger partial charge is 0.464 e. The Bertz CT molecular complexity index is 974. The highest BCUT2D eigenvalue weighted by Crippen LogP contribution is 2.23. The summed E-state index contributed by atoms with van der Waals surface area (Å²) in [6, 6.07) is 7.59. The van der Waals surface area contributed by atoms with Crippen LogP contribution in [-0.4, -0.2) is 48.1 Å². The SMILES string of the molecule is O=C(Nc1cnccn1)C(=O)N[C@@H](Cc1coc2ccccc12)B1OCCO1. The number of carbonyl (C=O) groups excluding carboxylic acids is 2. The number of para-hydroxylation sites is 1. The van der Waals surface area contributed by atoms with Crippen molar-refractivity contribution in [3.05, 3.63) is 54.7 Å². The van der Waals surface area contributed by atoms with Gasteiger partial charge in [-0.3, -0.25) is 14.6 Å². The van der Waals surface area contributed by atoms with Crippen LogP contribution in [0.5, 0.6) is 0 Å². The van der Waals surface area contributed by atoms with Gasteiger partial charge in [0.1, 0.15) is 5.58 Å². The van der Waals surface area contributed by atoms with Gasteiger partial charge in [-0.05, 0) is 18.1 Å². The summed E-state index contributed by atoms with van der Waals surface area (Å²) in [7, 11) is -0.651. The van der Waals surface area contributed by atoms with Crippen LogP contribution in [0.3, 0.4) is 0 Å². The van der Waals surface area contributed by atoms with E-state index in [-0.39, 0.29) is 5.82 Å². The molecule has 0 saturated carbocycles. The van der Waals surface area contributed by atoms with Crippen LogP contribution in [-0.2, 0) is 25.3 Å². The maximum atomic E-state index is 12.4. The van der Waals surface area contributed by atoms with Gasteiger partial charge in [-0.15, -0.1) is 0 Å². The van der Waals surface area contributed by atoms with Crippen molar-refractivity contribution in [1.82, 2.24) is 15.3 Å². The van der Waals surface area contributed by atoms with Crippen molar-refractivity contribution in [1.29, 1.82) is 0 Å². The van der Waals surface area contributed by atoms with Crippen molar-refractivity contribution in [2.45, 2.75) is 12.4 Å². The van der Waals surface area contributed by atoms with E-state index in [1.54, 1.807) is 6.26 Å². The molecule has 2 aromatic heterocycles. The Kier molecular flexibility index (Phi) is 5.31. The largest absolute Gasteiger partial charge is 0.481 e. The molecule has 1 fully saturated rings. The van der Waals surface area contributed by atoms with Crippen molar-refractivity contribution in [3.8, 4) is 0 Å². The maximum Gasteiger partial charge on any atom is 0.481 e. The summed E-state index contributed by atoms with van der Waals surface area (Å²) < 4.78 is 16.7. The van der Waals surface area contributed by atoms with Gasteiger partial charge in [-0.1, -0.05) is 18.2 Å². The Morgan fingerprint density at radius 1 is 1.14 bits per heavy atom. The van der Waals surface area contributed by atoms with Gasteiger partial charge < -0.3 is 24.4 Å². The molecule has 9 nitrogen and oxygen atoms in total. The van der Waals surface area contributed by atoms with Gasteiger partial charge in [0.05, 0.1) is 31.6 Å². The number of anilines is 1. The van der Waals surface area contributed by atoms with Gasteiger partial charge in [-0.25, -0.2) is 4.98 Å². The van der Waals surface area contributed by atoms with E-state index < -0.39 is 24.9 Å². The predicted molar refractivity (Wildman–Crippen MR) is 100 cm³/mol. The van der Waals surface area contributed by atoms with Crippen LogP contribution in [0.15, 0.2) is 53.5 Å². The molecule has 0 unspecified atom stereocenters. The molecule has 28 heavy (non-hydrogen) atoms. The molecule has 0 spiro atoms. The molecule has 4 rings (SSSR count). The lowest BCUT2D eigenvalue weighted by Gasteiger charge is -2.19. The fourth-order valence-corrected chi connectivity index (χ4v) is 3.02. The van der Waals surface area contributed by atoms with Gasteiger partial charge in [0.25, 0.3) is 0 Å². The maximum absolute atomic E-state index is 12.4. The molecule has 2 N–H and O–H groups in total. The summed E-state index contributed by atoms with van der Waals surface area (Å²) in [6.45, 7) is 0.851. The van der Waals surface area contributed by atoms with Gasteiger partial charge in [-0.2, -0.15) is 0 Å². The van der Waals surface area contributed by atoms with E-state index in [0.717, 1.165) is 16.5 Å². The molecule has 0 bridgehead atoms. The number of benzene rings is 1. The fraction of sp³-hybridized carbons (Fsp3) is 0.222. The molecule has 1 aliphatic rings. The van der Waals surface area contributed by atoms with Crippen LogP contribution in [0, 0.1) is 0 Å². The summed E-state index contributed by atoms with van der Waals surface area (Å²) in [4.78, 5) is 32.3. The molecule has 1 aromatic carbocycles. The van der Waals surface area contributed by atoms with Crippen molar-refractivity contribution in [2.75, 3.05) is 18.5 Å². The van der Waals surface area contributed by atoms with Crippen molar-refractivity contribution in [2.24, 2.45) is 0 Å². The number of rotatable bonds is 5. The summed E-state index contributed by atoms with van der Waals surface area (Å²) in [5, 5.41) is 6.03. The number of aromatic nitrogens is 2. The first kappa shape index (κ1) is 18.1. The summed E-state index contributed by atoms with van der Waals surface area (Å²) >= 11 is 0. The number of hydrogen-bond acceptors (Lipinski definition) is 7. The number of nitrogens with one attached hydrogen (secondary N) is 2. The van der Waals surface area contributed by atoms with Gasteiger partial charge in [0, 0.05) is 17.8 Å². The average molecular weight is 380 g/mol. The molecule has 10 heteroatoms. The zero-order valence-corrected chi connectivity index (χ0v) is 14.8. The molecule has 3 aromatic rings. The van der Waals surface area contributed by atoms with Gasteiger partial charge in [0.2, 0.25) is 0 Å². The van der Waals surface area contributed by atoms with E-state index in [1.165, 1.54) is 18.6 Å². The summed E-state index contributed by atoms with van der Waals surface area (Å²) in [6.07, 6.45) is 6.25. The zero-order valence-electron chi connectivity index (χ0n) is 14.8. The Morgan fingerprint density at radius 2 is 1.96 bits per heavy atom. The molecule has 1 saturated heterocycles. The van der Waals surface area contributed by atoms with Crippen LogP contribution < -0.4 is 10.6 Å². The Morgan fingerprint density at radius 3 is 2.75 bits per heavy atom. The highest BCUT2D eigenvalue weighted by molar-refractivity contribution is 6.49. The number of nitrogens with zero attached hydrogens (tertiary/aromatic N) is 2. The van der Waals surface area contributed by atoms with Crippen molar-refractivity contribution >= 4 is 35.7 Å². The van der Waals surface area contributed by atoms with E-state index in [9.17, 15) is 9.59 Å². The average Bonchev–Trinajstić information content (AvgIpc) is 3.39. The van der Waals surface area contributed by atoms with E-state index in [2.05, 4.69) is 20.6 Å². The highest BCUT2D eigenvalue weighted by atomic mass is 16.6. The Hall–Kier alpha value is -3.24. The Labute approximate surface area is 160 Å². The topological polar surface area (TPSA) is 116 Å². The molecule has 0 aliphatic carbocycles. The molecule has 1 atom stereocenters. The Balaban J connectivity index is 1.48. The van der Waals surface area contributed by atoms with Gasteiger partial charge >= 0.3 is 18.9 Å². The first-order valence-corrected chi connectivity index (χ1v) is 8.77. The molecule has 142 valence electrons. The van der Waals surface area contributed by atoms with Crippen LogP contribution in [0.25, 0.3) is 11.0 Å². The predicted octanol–water partition coefficient (Wildman–Crippen LogP) is 0.963. The van der Waals surface area contributed by atoms with Crippen LogP contribution in [0.4, 0.5) is 5.82 Å². The zero-order chi connectivity index (χ0) is 19.3. The van der Waals surface area contributed by atoms with Crippen LogP contribution in [0.2, 0.25) is 0 Å². The standard InChI is InChI=1S/C18H17BN4O5/c24-17(18(25)23-16-10-20-5-6-21-16)22-15(19-27-7-8-28-19)9-12-11-26-14-4-2-1-3-13(12)14/h1-6,10-11,15H,7-9H2,(H,22,24)(H,21,23,25)/t15-/m0/s1. The molecule has 1 aliphatic heterocycles. The normalized spacial score (nSPS) is 14.8. The molecular weight excluding hydrogens is 363 g/mol. The van der Waals surface area contributed by atoms with Crippen molar-refractivity contribution in [3.63, 3.8) is 0 Å². The van der Waals surface area contributed by atoms with Gasteiger partial charge in [0.15, 0.2) is 5.82 Å². The minimum absolute atomic E-state index is 0.188. The van der Waals surface area contributed by atoms with E-state index in [0.29, 0.717) is 19.6 Å². The van der Waals surface area contributed by atoms with E-state index >= 15 is 0 Å². The second-order valence-corrected chi connectivity index (χ2v) is 6.20. The summed E-state index contributed by atoms with van der Waals surface area (Å²) in [5.41, 5.74) is 1.63.